The summed E-state index contributed by atoms with van der Waals surface area (Å²) in [5.74, 6) is -0.887. The Labute approximate surface area is 160 Å². The van der Waals surface area contributed by atoms with Crippen LogP contribution in [0.2, 0.25) is 0 Å². The summed E-state index contributed by atoms with van der Waals surface area (Å²) < 4.78 is 23.5. The first-order chi connectivity index (χ1) is 13.0. The zero-order valence-corrected chi connectivity index (χ0v) is 15.5. The fraction of sp³-hybridized carbons (Fsp3) is 0.263. The monoisotopic (exact) mass is 393 g/mol. The highest BCUT2D eigenvalue weighted by Crippen LogP contribution is 2.21. The standard InChI is InChI=1S/C19H20FNO5S/c1-2-25-14-7-9-16(10-8-14)27-12-18(22)21-11-17(19(23)24)26-15-5-3-13(20)4-6-15/h3-10,17H,2,11-12H2,1H3,(H,21,22)(H,23,24). The van der Waals surface area contributed by atoms with Crippen molar-refractivity contribution in [2.75, 3.05) is 18.9 Å². The summed E-state index contributed by atoms with van der Waals surface area (Å²) >= 11 is 1.32. The topological polar surface area (TPSA) is 84.9 Å². The molecule has 0 fully saturated rings. The van der Waals surface area contributed by atoms with Crippen molar-refractivity contribution in [3.05, 3.63) is 54.3 Å². The summed E-state index contributed by atoms with van der Waals surface area (Å²) in [6.45, 7) is 2.28. The van der Waals surface area contributed by atoms with Crippen molar-refractivity contribution >= 4 is 23.6 Å². The highest BCUT2D eigenvalue weighted by atomic mass is 32.2. The molecule has 144 valence electrons. The van der Waals surface area contributed by atoms with E-state index in [-0.39, 0.29) is 24.0 Å². The van der Waals surface area contributed by atoms with Gasteiger partial charge in [-0.1, -0.05) is 0 Å². The zero-order valence-electron chi connectivity index (χ0n) is 14.7. The summed E-state index contributed by atoms with van der Waals surface area (Å²) in [5.41, 5.74) is 0. The maximum Gasteiger partial charge on any atom is 0.346 e. The summed E-state index contributed by atoms with van der Waals surface area (Å²) in [6.07, 6.45) is -1.27. The quantitative estimate of drug-likeness (QED) is 0.604. The van der Waals surface area contributed by atoms with Crippen molar-refractivity contribution < 1.29 is 28.6 Å². The second kappa shape index (κ2) is 10.4. The van der Waals surface area contributed by atoms with Crippen LogP contribution in [0.15, 0.2) is 53.4 Å². The average molecular weight is 393 g/mol. The van der Waals surface area contributed by atoms with E-state index >= 15 is 0 Å². The number of amides is 1. The third-order valence-electron chi connectivity index (χ3n) is 3.36. The van der Waals surface area contributed by atoms with Crippen LogP contribution in [-0.4, -0.2) is 42.0 Å². The molecule has 0 saturated heterocycles. The molecule has 0 aromatic heterocycles. The second-order valence-electron chi connectivity index (χ2n) is 5.40. The number of aliphatic carboxylic acids is 1. The predicted molar refractivity (Wildman–Crippen MR) is 99.8 cm³/mol. The van der Waals surface area contributed by atoms with Crippen LogP contribution in [-0.2, 0) is 9.59 Å². The molecule has 0 spiro atoms. The third kappa shape index (κ3) is 7.18. The normalized spacial score (nSPS) is 11.5. The Balaban J connectivity index is 1.79. The van der Waals surface area contributed by atoms with Crippen molar-refractivity contribution in [3.8, 4) is 11.5 Å². The lowest BCUT2D eigenvalue weighted by atomic mass is 10.3. The minimum Gasteiger partial charge on any atom is -0.494 e. The number of carboxylic acid groups (broad SMARTS) is 1. The highest BCUT2D eigenvalue weighted by molar-refractivity contribution is 8.00. The van der Waals surface area contributed by atoms with Crippen LogP contribution in [0.5, 0.6) is 11.5 Å². The van der Waals surface area contributed by atoms with Crippen LogP contribution < -0.4 is 14.8 Å². The molecule has 6 nitrogen and oxygen atoms in total. The van der Waals surface area contributed by atoms with Crippen LogP contribution in [0.4, 0.5) is 4.39 Å². The second-order valence-corrected chi connectivity index (χ2v) is 6.44. The largest absolute Gasteiger partial charge is 0.494 e. The first-order valence-electron chi connectivity index (χ1n) is 8.25. The molecule has 0 aliphatic rings. The van der Waals surface area contributed by atoms with Gasteiger partial charge in [-0.15, -0.1) is 11.8 Å². The fourth-order valence-corrected chi connectivity index (χ4v) is 2.79. The molecule has 2 aromatic carbocycles. The molecule has 0 heterocycles. The van der Waals surface area contributed by atoms with E-state index in [4.69, 9.17) is 9.47 Å². The molecule has 0 aliphatic heterocycles. The number of rotatable bonds is 10. The van der Waals surface area contributed by atoms with E-state index in [1.807, 2.05) is 31.2 Å². The van der Waals surface area contributed by atoms with Gasteiger partial charge in [-0.2, -0.15) is 0 Å². The maximum atomic E-state index is 12.9. The minimum atomic E-state index is -1.27. The Morgan fingerprint density at radius 1 is 1.11 bits per heavy atom. The summed E-state index contributed by atoms with van der Waals surface area (Å²) in [4.78, 5) is 24.1. The Kier molecular flexibility index (Phi) is 7.94. The zero-order chi connectivity index (χ0) is 19.6. The van der Waals surface area contributed by atoms with Crippen molar-refractivity contribution in [2.45, 2.75) is 17.9 Å². The molecule has 1 atom stereocenters. The minimum absolute atomic E-state index is 0.136. The number of carboxylic acids is 1. The molecule has 1 amide bonds. The van der Waals surface area contributed by atoms with Gasteiger partial charge in [0.25, 0.3) is 0 Å². The van der Waals surface area contributed by atoms with Crippen LogP contribution in [0.3, 0.4) is 0 Å². The van der Waals surface area contributed by atoms with Crippen molar-refractivity contribution in [1.29, 1.82) is 0 Å². The Bertz CT molecular complexity index is 752. The predicted octanol–water partition coefficient (Wildman–Crippen LogP) is 2.96. The molecule has 1 unspecified atom stereocenters. The number of carbonyl (C=O) groups is 2. The first kappa shape index (κ1) is 20.6. The van der Waals surface area contributed by atoms with Crippen molar-refractivity contribution in [1.82, 2.24) is 5.32 Å². The molecular formula is C19H20FNO5S. The Morgan fingerprint density at radius 3 is 2.33 bits per heavy atom. The van der Waals surface area contributed by atoms with Crippen LogP contribution >= 0.6 is 11.8 Å². The van der Waals surface area contributed by atoms with Gasteiger partial charge >= 0.3 is 5.97 Å². The van der Waals surface area contributed by atoms with E-state index in [0.29, 0.717) is 6.61 Å². The van der Waals surface area contributed by atoms with Gasteiger partial charge in [-0.05, 0) is 55.5 Å². The Morgan fingerprint density at radius 2 is 1.74 bits per heavy atom. The smallest absolute Gasteiger partial charge is 0.346 e. The van der Waals surface area contributed by atoms with E-state index in [1.165, 1.54) is 36.0 Å². The SMILES string of the molecule is CCOc1ccc(SCC(=O)NCC(Oc2ccc(F)cc2)C(=O)O)cc1. The van der Waals surface area contributed by atoms with Gasteiger partial charge in [0.2, 0.25) is 12.0 Å². The third-order valence-corrected chi connectivity index (χ3v) is 4.37. The summed E-state index contributed by atoms with van der Waals surface area (Å²) in [7, 11) is 0. The van der Waals surface area contributed by atoms with E-state index in [2.05, 4.69) is 5.32 Å². The van der Waals surface area contributed by atoms with Gasteiger partial charge in [0.15, 0.2) is 0 Å². The molecule has 0 radical (unpaired) electrons. The van der Waals surface area contributed by atoms with Gasteiger partial charge in [0.05, 0.1) is 18.9 Å². The first-order valence-corrected chi connectivity index (χ1v) is 9.24. The number of halogens is 1. The number of thioether (sulfide) groups is 1. The molecule has 0 bridgehead atoms. The number of hydrogen-bond donors (Lipinski definition) is 2. The molecule has 2 rings (SSSR count). The Hall–Kier alpha value is -2.74. The number of hydrogen-bond acceptors (Lipinski definition) is 5. The molecule has 0 saturated carbocycles. The lowest BCUT2D eigenvalue weighted by Crippen LogP contribution is -2.41. The lowest BCUT2D eigenvalue weighted by molar-refractivity contribution is -0.145. The van der Waals surface area contributed by atoms with Gasteiger partial charge in [0, 0.05) is 4.90 Å². The molecule has 2 N–H and O–H groups in total. The molecule has 27 heavy (non-hydrogen) atoms. The van der Waals surface area contributed by atoms with E-state index in [1.54, 1.807) is 0 Å². The van der Waals surface area contributed by atoms with Gasteiger partial charge in [0.1, 0.15) is 17.3 Å². The number of benzene rings is 2. The summed E-state index contributed by atoms with van der Waals surface area (Å²) in [5, 5.41) is 11.7. The van der Waals surface area contributed by atoms with Crippen molar-refractivity contribution in [3.63, 3.8) is 0 Å². The maximum absolute atomic E-state index is 12.9. The van der Waals surface area contributed by atoms with Crippen molar-refractivity contribution in [2.24, 2.45) is 0 Å². The van der Waals surface area contributed by atoms with Gasteiger partial charge in [-0.3, -0.25) is 4.79 Å². The molecular weight excluding hydrogens is 373 g/mol. The number of carbonyl (C=O) groups excluding carboxylic acids is 1. The number of nitrogens with one attached hydrogen (secondary N) is 1. The highest BCUT2D eigenvalue weighted by Gasteiger charge is 2.20. The van der Waals surface area contributed by atoms with E-state index in [0.717, 1.165) is 10.6 Å². The van der Waals surface area contributed by atoms with Crippen LogP contribution in [0, 0.1) is 5.82 Å². The molecule has 2 aromatic rings. The lowest BCUT2D eigenvalue weighted by Gasteiger charge is -2.15. The van der Waals surface area contributed by atoms with Crippen LogP contribution in [0.1, 0.15) is 6.92 Å². The summed E-state index contributed by atoms with van der Waals surface area (Å²) in [6, 6.07) is 12.3. The van der Waals surface area contributed by atoms with Gasteiger partial charge < -0.3 is 19.9 Å². The molecule has 0 aliphatic carbocycles. The van der Waals surface area contributed by atoms with Gasteiger partial charge in [-0.25, -0.2) is 9.18 Å². The number of ether oxygens (including phenoxy) is 2. The molecule has 8 heteroatoms. The van der Waals surface area contributed by atoms with Crippen LogP contribution in [0.25, 0.3) is 0 Å². The average Bonchev–Trinajstić information content (AvgIpc) is 2.66. The van der Waals surface area contributed by atoms with E-state index < -0.39 is 17.9 Å². The fourth-order valence-electron chi connectivity index (χ4n) is 2.06. The van der Waals surface area contributed by atoms with E-state index in [9.17, 15) is 19.1 Å².